The monoisotopic (exact) mass is 288 g/mol. The maximum absolute atomic E-state index is 5.59. The van der Waals surface area contributed by atoms with Gasteiger partial charge in [-0.1, -0.05) is 29.3 Å². The molecule has 1 N–H and O–H groups in total. The molecule has 0 radical (unpaired) electrons. The number of hydrogen-bond donors (Lipinski definition) is 1. The number of piperazine rings is 1. The van der Waals surface area contributed by atoms with Crippen LogP contribution in [0.3, 0.4) is 0 Å². The third-order valence-electron chi connectivity index (χ3n) is 4.84. The fourth-order valence-corrected chi connectivity index (χ4v) is 3.95. The summed E-state index contributed by atoms with van der Waals surface area (Å²) < 4.78 is 5.59. The number of hydrogen-bond acceptors (Lipinski definition) is 3. The predicted octanol–water partition coefficient (Wildman–Crippen LogP) is 2.68. The van der Waals surface area contributed by atoms with Gasteiger partial charge in [-0.2, -0.15) is 0 Å². The van der Waals surface area contributed by atoms with Crippen LogP contribution >= 0.6 is 0 Å². The number of ether oxygens (including phenoxy) is 1. The highest BCUT2D eigenvalue weighted by Crippen LogP contribution is 2.36. The van der Waals surface area contributed by atoms with Crippen molar-refractivity contribution in [3.8, 4) is 0 Å². The van der Waals surface area contributed by atoms with Gasteiger partial charge in [0.1, 0.15) is 0 Å². The smallest absolute Gasteiger partial charge is 0.0469 e. The highest BCUT2D eigenvalue weighted by Gasteiger charge is 2.31. The summed E-state index contributed by atoms with van der Waals surface area (Å²) in [4.78, 5) is 2.70. The summed E-state index contributed by atoms with van der Waals surface area (Å²) in [6.45, 7) is 10.8. The fourth-order valence-electron chi connectivity index (χ4n) is 3.95. The van der Waals surface area contributed by atoms with Crippen molar-refractivity contribution in [2.75, 3.05) is 39.4 Å². The van der Waals surface area contributed by atoms with E-state index in [9.17, 15) is 0 Å². The molecule has 0 amide bonds. The Morgan fingerprint density at radius 1 is 1.05 bits per heavy atom. The maximum atomic E-state index is 5.59. The van der Waals surface area contributed by atoms with Crippen molar-refractivity contribution in [2.24, 2.45) is 5.92 Å². The van der Waals surface area contributed by atoms with Crippen LogP contribution < -0.4 is 5.32 Å². The van der Waals surface area contributed by atoms with E-state index < -0.39 is 0 Å². The van der Waals surface area contributed by atoms with Crippen LogP contribution in [0.25, 0.3) is 0 Å². The van der Waals surface area contributed by atoms with E-state index in [1.165, 1.54) is 29.5 Å². The molecule has 2 fully saturated rings. The Bertz CT molecular complexity index is 424. The molecule has 0 bridgehead atoms. The zero-order valence-electron chi connectivity index (χ0n) is 13.4. The summed E-state index contributed by atoms with van der Waals surface area (Å²) in [5, 5.41) is 3.48. The topological polar surface area (TPSA) is 24.5 Å². The molecule has 2 aliphatic heterocycles. The van der Waals surface area contributed by atoms with E-state index in [-0.39, 0.29) is 0 Å². The Kier molecular flexibility index (Phi) is 4.94. The number of aryl methyl sites for hydroxylation is 2. The van der Waals surface area contributed by atoms with Gasteiger partial charge in [-0.3, -0.25) is 4.90 Å². The highest BCUT2D eigenvalue weighted by molar-refractivity contribution is 5.31. The molecule has 0 spiro atoms. The summed E-state index contributed by atoms with van der Waals surface area (Å²) in [6, 6.07) is 7.64. The summed E-state index contributed by atoms with van der Waals surface area (Å²) in [6.07, 6.45) is 2.39. The van der Waals surface area contributed by atoms with Gasteiger partial charge in [-0.25, -0.2) is 0 Å². The molecule has 21 heavy (non-hydrogen) atoms. The van der Waals surface area contributed by atoms with Crippen molar-refractivity contribution in [2.45, 2.75) is 32.7 Å². The average Bonchev–Trinajstić information content (AvgIpc) is 2.49. The number of nitrogens with one attached hydrogen (secondary N) is 1. The second kappa shape index (κ2) is 6.91. The Labute approximate surface area is 128 Å². The van der Waals surface area contributed by atoms with Crippen LogP contribution in [0.15, 0.2) is 18.2 Å². The maximum Gasteiger partial charge on any atom is 0.0469 e. The fraction of sp³-hybridized carbons (Fsp3) is 0.667. The van der Waals surface area contributed by atoms with Crippen molar-refractivity contribution >= 4 is 0 Å². The van der Waals surface area contributed by atoms with Gasteiger partial charge in [-0.15, -0.1) is 0 Å². The molecule has 2 heterocycles. The molecule has 0 aliphatic carbocycles. The van der Waals surface area contributed by atoms with E-state index >= 15 is 0 Å². The quantitative estimate of drug-likeness (QED) is 0.925. The van der Waals surface area contributed by atoms with Crippen molar-refractivity contribution in [3.63, 3.8) is 0 Å². The summed E-state index contributed by atoms with van der Waals surface area (Å²) in [5.74, 6) is 0.734. The lowest BCUT2D eigenvalue weighted by atomic mass is 9.84. The van der Waals surface area contributed by atoms with E-state index in [4.69, 9.17) is 4.74 Å². The van der Waals surface area contributed by atoms with E-state index in [1.54, 1.807) is 0 Å². The third kappa shape index (κ3) is 3.65. The van der Waals surface area contributed by atoms with Crippen LogP contribution in [0.2, 0.25) is 0 Å². The van der Waals surface area contributed by atoms with Gasteiger partial charge in [0.25, 0.3) is 0 Å². The van der Waals surface area contributed by atoms with Crippen LogP contribution in [-0.2, 0) is 4.74 Å². The predicted molar refractivity (Wildman–Crippen MR) is 86.6 cm³/mol. The van der Waals surface area contributed by atoms with Gasteiger partial charge in [-0.05, 0) is 38.2 Å². The summed E-state index contributed by atoms with van der Waals surface area (Å²) >= 11 is 0. The Hall–Kier alpha value is -0.900. The SMILES string of the molecule is Cc1cc(C)cc([C@@H](C2CCOCC2)N2CCNCC2)c1. The van der Waals surface area contributed by atoms with Gasteiger partial charge < -0.3 is 10.1 Å². The highest BCUT2D eigenvalue weighted by atomic mass is 16.5. The van der Waals surface area contributed by atoms with Crippen LogP contribution in [0.1, 0.15) is 35.6 Å². The molecular weight excluding hydrogens is 260 g/mol. The Morgan fingerprint density at radius 2 is 1.67 bits per heavy atom. The standard InChI is InChI=1S/C18H28N2O/c1-14-11-15(2)13-17(12-14)18(16-3-9-21-10-4-16)20-7-5-19-6-8-20/h11-13,16,18-19H,3-10H2,1-2H3/t18-/m1/s1. The molecule has 116 valence electrons. The minimum atomic E-state index is 0.564. The molecule has 1 aromatic rings. The number of nitrogens with zero attached hydrogens (tertiary/aromatic N) is 1. The molecule has 2 saturated heterocycles. The largest absolute Gasteiger partial charge is 0.381 e. The van der Waals surface area contributed by atoms with Gasteiger partial charge in [0.2, 0.25) is 0 Å². The van der Waals surface area contributed by atoms with Crippen molar-refractivity contribution < 1.29 is 4.74 Å². The molecule has 0 saturated carbocycles. The normalized spacial score (nSPS) is 23.1. The molecule has 1 atom stereocenters. The molecule has 0 aromatic heterocycles. The number of rotatable bonds is 3. The van der Waals surface area contributed by atoms with E-state index in [2.05, 4.69) is 42.3 Å². The van der Waals surface area contributed by atoms with E-state index in [0.717, 1.165) is 45.3 Å². The first kappa shape index (κ1) is 15.0. The zero-order valence-corrected chi connectivity index (χ0v) is 13.4. The van der Waals surface area contributed by atoms with Crippen molar-refractivity contribution in [3.05, 3.63) is 34.9 Å². The molecule has 3 rings (SSSR count). The van der Waals surface area contributed by atoms with Crippen molar-refractivity contribution in [1.29, 1.82) is 0 Å². The Morgan fingerprint density at radius 3 is 2.29 bits per heavy atom. The first-order valence-electron chi connectivity index (χ1n) is 8.35. The molecule has 3 nitrogen and oxygen atoms in total. The van der Waals surface area contributed by atoms with Gasteiger partial charge >= 0.3 is 0 Å². The first-order valence-corrected chi connectivity index (χ1v) is 8.35. The van der Waals surface area contributed by atoms with Crippen LogP contribution in [-0.4, -0.2) is 44.3 Å². The molecular formula is C18H28N2O. The first-order chi connectivity index (χ1) is 10.2. The van der Waals surface area contributed by atoms with Crippen LogP contribution in [0.5, 0.6) is 0 Å². The van der Waals surface area contributed by atoms with Gasteiger partial charge in [0.15, 0.2) is 0 Å². The summed E-state index contributed by atoms with van der Waals surface area (Å²) in [5.41, 5.74) is 4.29. The third-order valence-corrected chi connectivity index (χ3v) is 4.84. The molecule has 3 heteroatoms. The molecule has 1 aromatic carbocycles. The second-order valence-electron chi connectivity index (χ2n) is 6.60. The van der Waals surface area contributed by atoms with Crippen LogP contribution in [0.4, 0.5) is 0 Å². The number of benzene rings is 1. The lowest BCUT2D eigenvalue weighted by Gasteiger charge is -2.41. The molecule has 0 unspecified atom stereocenters. The Balaban J connectivity index is 1.89. The van der Waals surface area contributed by atoms with Gasteiger partial charge in [0, 0.05) is 45.4 Å². The van der Waals surface area contributed by atoms with Crippen molar-refractivity contribution in [1.82, 2.24) is 10.2 Å². The van der Waals surface area contributed by atoms with E-state index in [0.29, 0.717) is 6.04 Å². The van der Waals surface area contributed by atoms with E-state index in [1.807, 2.05) is 0 Å². The average molecular weight is 288 g/mol. The minimum absolute atomic E-state index is 0.564. The second-order valence-corrected chi connectivity index (χ2v) is 6.60. The minimum Gasteiger partial charge on any atom is -0.381 e. The van der Waals surface area contributed by atoms with Gasteiger partial charge in [0.05, 0.1) is 0 Å². The lowest BCUT2D eigenvalue weighted by molar-refractivity contribution is 0.0213. The lowest BCUT2D eigenvalue weighted by Crippen LogP contribution is -2.47. The summed E-state index contributed by atoms with van der Waals surface area (Å²) in [7, 11) is 0. The van der Waals surface area contributed by atoms with Crippen LogP contribution in [0, 0.1) is 19.8 Å². The zero-order chi connectivity index (χ0) is 14.7. The molecule has 2 aliphatic rings.